The Morgan fingerprint density at radius 1 is 1.41 bits per heavy atom. The summed E-state index contributed by atoms with van der Waals surface area (Å²) in [4.78, 5) is 23.3. The average molecular weight is 449 g/mol. The third-order valence-corrected chi connectivity index (χ3v) is 6.43. The molecule has 0 aromatic carbocycles. The summed E-state index contributed by atoms with van der Waals surface area (Å²) in [5.41, 5.74) is 1.72. The molecule has 0 saturated carbocycles. The smallest absolute Gasteiger partial charge is 0.290 e. The number of carbonyl (C=O) groups is 2. The van der Waals surface area contributed by atoms with Crippen LogP contribution in [0.25, 0.3) is 0 Å². The van der Waals surface area contributed by atoms with Crippen molar-refractivity contribution >= 4 is 12.4 Å². The van der Waals surface area contributed by atoms with Gasteiger partial charge in [0.1, 0.15) is 12.4 Å². The molecule has 32 heavy (non-hydrogen) atoms. The van der Waals surface area contributed by atoms with Gasteiger partial charge in [0.2, 0.25) is 0 Å². The van der Waals surface area contributed by atoms with Gasteiger partial charge in [-0.25, -0.2) is 0 Å². The number of nitrogens with zero attached hydrogens (tertiary/aromatic N) is 3. The van der Waals surface area contributed by atoms with Gasteiger partial charge in [0.05, 0.1) is 35.3 Å². The summed E-state index contributed by atoms with van der Waals surface area (Å²) in [6.07, 6.45) is 6.55. The molecular weight excluding hydrogens is 416 g/mol. The van der Waals surface area contributed by atoms with E-state index in [2.05, 4.69) is 21.5 Å². The van der Waals surface area contributed by atoms with Gasteiger partial charge in [-0.2, -0.15) is 5.10 Å². The monoisotopic (exact) mass is 448 g/mol. The van der Waals surface area contributed by atoms with Gasteiger partial charge < -0.3 is 24.7 Å². The highest BCUT2D eigenvalue weighted by molar-refractivity contribution is 5.94. The molecule has 10 heteroatoms. The quantitative estimate of drug-likeness (QED) is 0.597. The molecule has 1 amide bonds. The maximum Gasteiger partial charge on any atom is 0.290 e. The molecule has 0 radical (unpaired) electrons. The Morgan fingerprint density at radius 2 is 2.09 bits per heavy atom. The molecule has 2 aromatic rings. The zero-order valence-electron chi connectivity index (χ0n) is 18.8. The SMILES string of the molecule is Cc1nn(C)cc1CN1CCC2(CC1)C[C@@](C)(NC(=O)c1ccoc1)[C@H](O)CO2.O=CO. The van der Waals surface area contributed by atoms with E-state index in [1.807, 2.05) is 25.6 Å². The number of hydrogen-bond acceptors (Lipinski definition) is 7. The lowest BCUT2D eigenvalue weighted by Gasteiger charge is -2.52. The molecule has 0 bridgehead atoms. The fourth-order valence-electron chi connectivity index (χ4n) is 4.61. The zero-order valence-corrected chi connectivity index (χ0v) is 18.8. The van der Waals surface area contributed by atoms with E-state index in [9.17, 15) is 9.90 Å². The van der Waals surface area contributed by atoms with E-state index in [-0.39, 0.29) is 24.6 Å². The molecule has 4 rings (SSSR count). The summed E-state index contributed by atoms with van der Waals surface area (Å²) in [7, 11) is 1.95. The van der Waals surface area contributed by atoms with Crippen LogP contribution >= 0.6 is 0 Å². The molecule has 10 nitrogen and oxygen atoms in total. The minimum absolute atomic E-state index is 0.226. The summed E-state index contributed by atoms with van der Waals surface area (Å²) < 4.78 is 13.0. The van der Waals surface area contributed by atoms with E-state index in [1.165, 1.54) is 18.1 Å². The molecule has 2 aromatic heterocycles. The number of aromatic nitrogens is 2. The van der Waals surface area contributed by atoms with Crippen LogP contribution in [0.15, 0.2) is 29.2 Å². The second-order valence-corrected chi connectivity index (χ2v) is 8.87. The van der Waals surface area contributed by atoms with Gasteiger partial charge >= 0.3 is 0 Å². The van der Waals surface area contributed by atoms with Gasteiger partial charge in [-0.05, 0) is 32.8 Å². The first-order chi connectivity index (χ1) is 15.2. The molecule has 0 aliphatic carbocycles. The van der Waals surface area contributed by atoms with Crippen molar-refractivity contribution in [3.63, 3.8) is 0 Å². The number of carboxylic acid groups (broad SMARTS) is 1. The fraction of sp³-hybridized carbons (Fsp3) is 0.591. The summed E-state index contributed by atoms with van der Waals surface area (Å²) in [5.74, 6) is -0.234. The summed E-state index contributed by atoms with van der Waals surface area (Å²) >= 11 is 0. The second-order valence-electron chi connectivity index (χ2n) is 8.87. The molecule has 3 N–H and O–H groups in total. The maximum atomic E-state index is 12.5. The Kier molecular flexibility index (Phi) is 7.37. The van der Waals surface area contributed by atoms with Crippen LogP contribution in [0, 0.1) is 6.92 Å². The van der Waals surface area contributed by atoms with Gasteiger partial charge in [-0.1, -0.05) is 0 Å². The molecule has 2 atom stereocenters. The van der Waals surface area contributed by atoms with Crippen LogP contribution in [0.1, 0.15) is 47.8 Å². The van der Waals surface area contributed by atoms with Crippen LogP contribution in [0.3, 0.4) is 0 Å². The number of hydrogen-bond donors (Lipinski definition) is 3. The van der Waals surface area contributed by atoms with E-state index in [4.69, 9.17) is 19.1 Å². The van der Waals surface area contributed by atoms with E-state index < -0.39 is 11.6 Å². The normalized spacial score (nSPS) is 25.1. The number of aliphatic hydroxyl groups is 1. The Labute approximate surface area is 187 Å². The largest absolute Gasteiger partial charge is 0.483 e. The van der Waals surface area contributed by atoms with Gasteiger partial charge in [-0.15, -0.1) is 0 Å². The molecule has 0 unspecified atom stereocenters. The molecule has 4 heterocycles. The molecule has 2 aliphatic heterocycles. The fourth-order valence-corrected chi connectivity index (χ4v) is 4.61. The minimum atomic E-state index is -0.750. The van der Waals surface area contributed by atoms with E-state index in [0.29, 0.717) is 12.0 Å². The van der Waals surface area contributed by atoms with Crippen molar-refractivity contribution in [2.75, 3.05) is 19.7 Å². The second kappa shape index (κ2) is 9.85. The standard InChI is InChI=1S/C21H30N4O4.CH2O2/c1-15-17(10-24(3)23-15)11-25-7-5-21(6-8-25)14-20(2,18(26)13-29-21)22-19(27)16-4-9-28-12-16;2-1-3/h4,9-10,12,18,26H,5-8,11,13-14H2,1-3H3,(H,22,27);1H,(H,2,3)/t18-,20-;/m1./s1. The lowest BCUT2D eigenvalue weighted by Crippen LogP contribution is -2.65. The lowest BCUT2D eigenvalue weighted by molar-refractivity contribution is -0.177. The number of likely N-dealkylation sites (tertiary alicyclic amines) is 1. The first-order valence-electron chi connectivity index (χ1n) is 10.7. The molecule has 2 saturated heterocycles. The number of amides is 1. The van der Waals surface area contributed by atoms with Crippen LogP contribution in [-0.2, 0) is 23.1 Å². The van der Waals surface area contributed by atoms with Crippen molar-refractivity contribution in [3.8, 4) is 0 Å². The Bertz CT molecular complexity index is 904. The number of carbonyl (C=O) groups excluding carboxylic acids is 1. The van der Waals surface area contributed by atoms with Gasteiger partial charge in [0, 0.05) is 44.9 Å². The van der Waals surface area contributed by atoms with E-state index in [1.54, 1.807) is 6.07 Å². The number of aliphatic hydroxyl groups excluding tert-OH is 1. The molecule has 176 valence electrons. The molecule has 2 aliphatic rings. The number of aryl methyl sites for hydroxylation is 2. The predicted molar refractivity (Wildman–Crippen MR) is 115 cm³/mol. The number of nitrogens with one attached hydrogen (secondary N) is 1. The zero-order chi connectivity index (χ0) is 23.4. The highest BCUT2D eigenvalue weighted by atomic mass is 16.5. The number of piperidine rings is 1. The first-order valence-corrected chi connectivity index (χ1v) is 10.7. The molecule has 1 spiro atoms. The van der Waals surface area contributed by atoms with Crippen LogP contribution in [0.4, 0.5) is 0 Å². The topological polar surface area (TPSA) is 130 Å². The van der Waals surface area contributed by atoms with Gasteiger partial charge in [0.25, 0.3) is 12.4 Å². The van der Waals surface area contributed by atoms with Gasteiger partial charge in [0.15, 0.2) is 0 Å². The molecular formula is C22H32N4O6. The van der Waals surface area contributed by atoms with Crippen LogP contribution in [-0.4, -0.2) is 74.2 Å². The van der Waals surface area contributed by atoms with Gasteiger partial charge in [-0.3, -0.25) is 19.2 Å². The van der Waals surface area contributed by atoms with Crippen molar-refractivity contribution in [1.29, 1.82) is 0 Å². The van der Waals surface area contributed by atoms with Crippen molar-refractivity contribution in [1.82, 2.24) is 20.0 Å². The minimum Gasteiger partial charge on any atom is -0.483 e. The summed E-state index contributed by atoms with van der Waals surface area (Å²) in [6, 6.07) is 1.62. The summed E-state index contributed by atoms with van der Waals surface area (Å²) in [5, 5.41) is 24.9. The van der Waals surface area contributed by atoms with Crippen LogP contribution in [0.2, 0.25) is 0 Å². The Balaban J connectivity index is 0.000000913. The highest BCUT2D eigenvalue weighted by Gasteiger charge is 2.50. The van der Waals surface area contributed by atoms with Crippen molar-refractivity contribution < 1.29 is 29.0 Å². The molecule has 2 fully saturated rings. The Morgan fingerprint density at radius 3 is 2.66 bits per heavy atom. The number of rotatable bonds is 4. The van der Waals surface area contributed by atoms with Crippen molar-refractivity contribution in [3.05, 3.63) is 41.6 Å². The van der Waals surface area contributed by atoms with E-state index >= 15 is 0 Å². The lowest BCUT2D eigenvalue weighted by atomic mass is 9.74. The average Bonchev–Trinajstić information content (AvgIpc) is 3.38. The van der Waals surface area contributed by atoms with Crippen molar-refractivity contribution in [2.45, 2.75) is 56.9 Å². The maximum absolute atomic E-state index is 12.5. The first kappa shape index (κ1) is 24.0. The third kappa shape index (κ3) is 5.37. The third-order valence-electron chi connectivity index (χ3n) is 6.43. The predicted octanol–water partition coefficient (Wildman–Crippen LogP) is 1.33. The van der Waals surface area contributed by atoms with Crippen LogP contribution in [0.5, 0.6) is 0 Å². The number of furan rings is 1. The highest BCUT2D eigenvalue weighted by Crippen LogP contribution is 2.40. The Hall–Kier alpha value is -2.69. The number of ether oxygens (including phenoxy) is 1. The summed E-state index contributed by atoms with van der Waals surface area (Å²) in [6.45, 7) is 6.63. The van der Waals surface area contributed by atoms with Crippen molar-refractivity contribution in [2.24, 2.45) is 7.05 Å². The van der Waals surface area contributed by atoms with Crippen LogP contribution < -0.4 is 5.32 Å². The van der Waals surface area contributed by atoms with E-state index in [0.717, 1.165) is 38.2 Å².